The Morgan fingerprint density at radius 1 is 1.53 bits per heavy atom. The molecule has 1 aromatic heterocycles. The van der Waals surface area contributed by atoms with Gasteiger partial charge in [-0.2, -0.15) is 0 Å². The smallest absolute Gasteiger partial charge is 0.191 e. The van der Waals surface area contributed by atoms with Crippen LogP contribution in [0.1, 0.15) is 39.4 Å². The predicted molar refractivity (Wildman–Crippen MR) is 76.1 cm³/mol. The summed E-state index contributed by atoms with van der Waals surface area (Å²) in [6.07, 6.45) is 5.19. The van der Waals surface area contributed by atoms with Crippen LogP contribution in [0.4, 0.5) is 0 Å². The Bertz CT molecular complexity index is 413. The molecule has 0 amide bonds. The Morgan fingerprint density at radius 2 is 2.32 bits per heavy atom. The van der Waals surface area contributed by atoms with E-state index in [1.54, 1.807) is 6.33 Å². The van der Waals surface area contributed by atoms with E-state index in [1.165, 1.54) is 12.8 Å². The van der Waals surface area contributed by atoms with Crippen molar-refractivity contribution >= 4 is 5.96 Å². The van der Waals surface area contributed by atoms with Crippen molar-refractivity contribution in [1.29, 1.82) is 0 Å². The zero-order chi connectivity index (χ0) is 13.7. The molecule has 0 atom stereocenters. The van der Waals surface area contributed by atoms with Crippen LogP contribution >= 0.6 is 0 Å². The zero-order valence-electron chi connectivity index (χ0n) is 12.1. The third-order valence-electron chi connectivity index (χ3n) is 2.97. The first-order valence-electron chi connectivity index (χ1n) is 7.13. The average Bonchev–Trinajstić information content (AvgIpc) is 3.05. The summed E-state index contributed by atoms with van der Waals surface area (Å²) in [5.41, 5.74) is 0. The van der Waals surface area contributed by atoms with E-state index in [0.29, 0.717) is 12.1 Å². The Labute approximate surface area is 114 Å². The van der Waals surface area contributed by atoms with E-state index in [0.717, 1.165) is 31.3 Å². The molecule has 0 aromatic carbocycles. The molecule has 0 saturated heterocycles. The van der Waals surface area contributed by atoms with Crippen LogP contribution in [0.3, 0.4) is 0 Å². The quantitative estimate of drug-likeness (QED) is 0.593. The Hall–Kier alpha value is -1.59. The van der Waals surface area contributed by atoms with Crippen LogP contribution in [0, 0.1) is 0 Å². The summed E-state index contributed by atoms with van der Waals surface area (Å²) in [6.45, 7) is 7.90. The molecule has 106 valence electrons. The summed E-state index contributed by atoms with van der Waals surface area (Å²) in [5, 5.41) is 14.8. The fraction of sp³-hybridized carbons (Fsp3) is 0.769. The lowest BCUT2D eigenvalue weighted by Crippen LogP contribution is -2.42. The molecular weight excluding hydrogens is 240 g/mol. The van der Waals surface area contributed by atoms with Crippen LogP contribution in [0.15, 0.2) is 11.3 Å². The highest BCUT2D eigenvalue weighted by Crippen LogP contribution is 2.18. The van der Waals surface area contributed by atoms with Crippen LogP contribution in [0.5, 0.6) is 0 Å². The molecule has 1 aliphatic rings. The summed E-state index contributed by atoms with van der Waals surface area (Å²) in [4.78, 5) is 4.61. The number of hydrogen-bond donors (Lipinski definition) is 2. The van der Waals surface area contributed by atoms with Crippen LogP contribution in [-0.4, -0.2) is 39.4 Å². The van der Waals surface area contributed by atoms with Gasteiger partial charge < -0.3 is 15.2 Å². The average molecular weight is 264 g/mol. The third-order valence-corrected chi connectivity index (χ3v) is 2.97. The number of nitrogens with zero attached hydrogens (tertiary/aromatic N) is 4. The lowest BCUT2D eigenvalue weighted by Gasteiger charge is -2.14. The van der Waals surface area contributed by atoms with Gasteiger partial charge in [-0.05, 0) is 26.7 Å². The van der Waals surface area contributed by atoms with Gasteiger partial charge in [-0.3, -0.25) is 4.99 Å². The molecule has 0 bridgehead atoms. The summed E-state index contributed by atoms with van der Waals surface area (Å²) in [6, 6.07) is 1.01. The van der Waals surface area contributed by atoms with Gasteiger partial charge in [0.1, 0.15) is 12.2 Å². The maximum Gasteiger partial charge on any atom is 0.191 e. The van der Waals surface area contributed by atoms with Gasteiger partial charge >= 0.3 is 0 Å². The summed E-state index contributed by atoms with van der Waals surface area (Å²) < 4.78 is 2.06. The molecule has 1 aromatic rings. The molecule has 0 radical (unpaired) electrons. The lowest BCUT2D eigenvalue weighted by atomic mass is 10.4. The third kappa shape index (κ3) is 4.54. The van der Waals surface area contributed by atoms with Gasteiger partial charge in [0.15, 0.2) is 5.96 Å². The SMILES string of the molecule is CCc1nncn1CCN=C(NC(C)C)NC1CC1. The molecule has 0 aliphatic heterocycles. The Kier molecular flexibility index (Phi) is 4.76. The number of nitrogens with one attached hydrogen (secondary N) is 2. The van der Waals surface area contributed by atoms with Crippen molar-refractivity contribution in [2.24, 2.45) is 4.99 Å². The van der Waals surface area contributed by atoms with Gasteiger partial charge in [0.2, 0.25) is 0 Å². The van der Waals surface area contributed by atoms with E-state index >= 15 is 0 Å². The summed E-state index contributed by atoms with van der Waals surface area (Å²) >= 11 is 0. The molecule has 1 heterocycles. The minimum Gasteiger partial charge on any atom is -0.354 e. The molecule has 6 nitrogen and oxygen atoms in total. The molecule has 1 fully saturated rings. The van der Waals surface area contributed by atoms with E-state index in [-0.39, 0.29) is 0 Å². The van der Waals surface area contributed by atoms with Crippen molar-refractivity contribution < 1.29 is 0 Å². The number of aliphatic imine (C=N–C) groups is 1. The number of rotatable bonds is 6. The highest BCUT2D eigenvalue weighted by molar-refractivity contribution is 5.80. The van der Waals surface area contributed by atoms with E-state index in [9.17, 15) is 0 Å². The fourth-order valence-corrected chi connectivity index (χ4v) is 1.84. The number of hydrogen-bond acceptors (Lipinski definition) is 3. The molecule has 6 heteroatoms. The first-order valence-corrected chi connectivity index (χ1v) is 7.13. The second-order valence-electron chi connectivity index (χ2n) is 5.24. The number of guanidine groups is 1. The molecule has 0 unspecified atom stereocenters. The van der Waals surface area contributed by atoms with E-state index in [4.69, 9.17) is 0 Å². The standard InChI is InChI=1S/C13H24N6/c1-4-12-18-15-9-19(12)8-7-14-13(16-10(2)3)17-11-5-6-11/h9-11H,4-8H2,1-3H3,(H2,14,16,17). The van der Waals surface area contributed by atoms with Crippen LogP contribution < -0.4 is 10.6 Å². The van der Waals surface area contributed by atoms with Crippen molar-refractivity contribution in [2.75, 3.05) is 6.54 Å². The van der Waals surface area contributed by atoms with Crippen LogP contribution in [-0.2, 0) is 13.0 Å². The topological polar surface area (TPSA) is 67.1 Å². The first-order chi connectivity index (χ1) is 9.19. The van der Waals surface area contributed by atoms with E-state index in [2.05, 4.69) is 51.2 Å². The zero-order valence-corrected chi connectivity index (χ0v) is 12.1. The van der Waals surface area contributed by atoms with Gasteiger partial charge in [-0.25, -0.2) is 0 Å². The van der Waals surface area contributed by atoms with Gasteiger partial charge in [-0.1, -0.05) is 6.92 Å². The van der Waals surface area contributed by atoms with Crippen molar-refractivity contribution in [1.82, 2.24) is 25.4 Å². The van der Waals surface area contributed by atoms with Crippen molar-refractivity contribution in [3.05, 3.63) is 12.2 Å². The number of aryl methyl sites for hydroxylation is 1. The Balaban J connectivity index is 1.86. The Morgan fingerprint density at radius 3 is 2.95 bits per heavy atom. The molecule has 2 N–H and O–H groups in total. The van der Waals surface area contributed by atoms with Crippen LogP contribution in [0.25, 0.3) is 0 Å². The van der Waals surface area contributed by atoms with Gasteiger partial charge in [-0.15, -0.1) is 10.2 Å². The minimum absolute atomic E-state index is 0.395. The maximum atomic E-state index is 4.61. The largest absolute Gasteiger partial charge is 0.354 e. The van der Waals surface area contributed by atoms with E-state index < -0.39 is 0 Å². The monoisotopic (exact) mass is 264 g/mol. The minimum atomic E-state index is 0.395. The first kappa shape index (κ1) is 13.8. The second kappa shape index (κ2) is 6.54. The maximum absolute atomic E-state index is 4.61. The second-order valence-corrected chi connectivity index (χ2v) is 5.24. The van der Waals surface area contributed by atoms with Crippen molar-refractivity contribution in [2.45, 2.75) is 58.7 Å². The lowest BCUT2D eigenvalue weighted by molar-refractivity contribution is 0.651. The van der Waals surface area contributed by atoms with Crippen molar-refractivity contribution in [3.63, 3.8) is 0 Å². The molecular formula is C13H24N6. The van der Waals surface area contributed by atoms with Crippen molar-refractivity contribution in [3.8, 4) is 0 Å². The molecule has 19 heavy (non-hydrogen) atoms. The summed E-state index contributed by atoms with van der Waals surface area (Å²) in [7, 11) is 0. The molecule has 1 saturated carbocycles. The molecule has 1 aliphatic carbocycles. The van der Waals surface area contributed by atoms with Gasteiger partial charge in [0.05, 0.1) is 6.54 Å². The highest BCUT2D eigenvalue weighted by atomic mass is 15.3. The van der Waals surface area contributed by atoms with Gasteiger partial charge in [0, 0.05) is 25.0 Å². The normalized spacial score (nSPS) is 15.9. The predicted octanol–water partition coefficient (Wildman–Crippen LogP) is 0.947. The van der Waals surface area contributed by atoms with Gasteiger partial charge in [0.25, 0.3) is 0 Å². The molecule has 2 rings (SSSR count). The van der Waals surface area contributed by atoms with Crippen LogP contribution in [0.2, 0.25) is 0 Å². The number of aromatic nitrogens is 3. The summed E-state index contributed by atoms with van der Waals surface area (Å²) in [5.74, 6) is 1.94. The van der Waals surface area contributed by atoms with E-state index in [1.807, 2.05) is 0 Å². The fourth-order valence-electron chi connectivity index (χ4n) is 1.84. The molecule has 0 spiro atoms. The highest BCUT2D eigenvalue weighted by Gasteiger charge is 2.22.